The molecule has 1 aromatic carbocycles. The smallest absolute Gasteiger partial charge is 0.307 e. The summed E-state index contributed by atoms with van der Waals surface area (Å²) in [5.41, 5.74) is 0.348. The van der Waals surface area contributed by atoms with Crippen LogP contribution in [0.15, 0.2) is 24.3 Å². The Morgan fingerprint density at radius 2 is 1.62 bits per heavy atom. The van der Waals surface area contributed by atoms with Gasteiger partial charge in [0.1, 0.15) is 5.82 Å². The van der Waals surface area contributed by atoms with E-state index < -0.39 is 0 Å². The molecule has 0 N–H and O–H groups in total. The van der Waals surface area contributed by atoms with Crippen molar-refractivity contribution < 1.29 is 18.7 Å². The van der Waals surface area contributed by atoms with Crippen molar-refractivity contribution >= 4 is 11.9 Å². The number of nitrogens with zero attached hydrogens (tertiary/aromatic N) is 1. The van der Waals surface area contributed by atoms with Gasteiger partial charge in [-0.1, -0.05) is 0 Å². The van der Waals surface area contributed by atoms with Crippen LogP contribution in [0.2, 0.25) is 0 Å². The lowest BCUT2D eigenvalue weighted by Crippen LogP contribution is -2.61. The fraction of sp³-hybridized carbons (Fsp3) is 0.619. The van der Waals surface area contributed by atoms with Gasteiger partial charge in [-0.3, -0.25) is 9.59 Å². The van der Waals surface area contributed by atoms with Gasteiger partial charge in [-0.25, -0.2) is 4.39 Å². The summed E-state index contributed by atoms with van der Waals surface area (Å²) in [6, 6.07) is 5.74. The molecule has 140 valence electrons. The first kappa shape index (κ1) is 17.5. The summed E-state index contributed by atoms with van der Waals surface area (Å²) in [4.78, 5) is 27.0. The Morgan fingerprint density at radius 3 is 2.12 bits per heavy atom. The summed E-state index contributed by atoms with van der Waals surface area (Å²) < 4.78 is 18.1. The van der Waals surface area contributed by atoms with Crippen molar-refractivity contribution in [2.24, 2.45) is 17.8 Å². The van der Waals surface area contributed by atoms with E-state index in [1.807, 2.05) is 4.90 Å². The molecule has 0 unspecified atom stereocenters. The maximum atomic E-state index is 13.3. The fourth-order valence-corrected chi connectivity index (χ4v) is 6.00. The van der Waals surface area contributed by atoms with E-state index in [-0.39, 0.29) is 29.7 Å². The molecule has 0 radical (unpaired) electrons. The van der Waals surface area contributed by atoms with E-state index in [9.17, 15) is 14.0 Å². The molecule has 4 nitrogen and oxygen atoms in total. The third-order valence-electron chi connectivity index (χ3n) is 6.68. The summed E-state index contributed by atoms with van der Waals surface area (Å²) >= 11 is 0. The van der Waals surface area contributed by atoms with E-state index in [0.717, 1.165) is 19.3 Å². The molecular formula is C21H26FNO3. The number of halogens is 1. The molecule has 0 spiro atoms. The van der Waals surface area contributed by atoms with Crippen molar-refractivity contribution in [3.05, 3.63) is 35.6 Å². The fourth-order valence-electron chi connectivity index (χ4n) is 6.00. The van der Waals surface area contributed by atoms with E-state index >= 15 is 0 Å². The highest BCUT2D eigenvalue weighted by Gasteiger charge is 2.54. The normalized spacial score (nSPS) is 31.7. The Kier molecular flexibility index (Phi) is 4.49. The second-order valence-corrected chi connectivity index (χ2v) is 8.43. The quantitative estimate of drug-likeness (QED) is 0.751. The Bertz CT molecular complexity index is 664. The van der Waals surface area contributed by atoms with Gasteiger partial charge in [0.15, 0.2) is 0 Å². The van der Waals surface area contributed by atoms with Gasteiger partial charge in [-0.05, 0) is 80.5 Å². The van der Waals surface area contributed by atoms with Gasteiger partial charge in [0, 0.05) is 17.6 Å². The number of benzene rings is 1. The first-order valence-electron chi connectivity index (χ1n) is 9.63. The van der Waals surface area contributed by atoms with Crippen molar-refractivity contribution in [3.8, 4) is 0 Å². The van der Waals surface area contributed by atoms with Gasteiger partial charge in [0.05, 0.1) is 13.5 Å². The number of hydrogen-bond acceptors (Lipinski definition) is 3. The zero-order valence-corrected chi connectivity index (χ0v) is 15.2. The molecule has 4 saturated carbocycles. The predicted molar refractivity (Wildman–Crippen MR) is 95.0 cm³/mol. The van der Waals surface area contributed by atoms with Crippen LogP contribution in [0.1, 0.15) is 55.3 Å². The highest BCUT2D eigenvalue weighted by molar-refractivity contribution is 5.95. The maximum absolute atomic E-state index is 13.3. The first-order chi connectivity index (χ1) is 12.5. The maximum Gasteiger partial charge on any atom is 0.307 e. The van der Waals surface area contributed by atoms with Crippen LogP contribution in [0.3, 0.4) is 0 Å². The Morgan fingerprint density at radius 1 is 1.08 bits per heavy atom. The molecule has 0 heterocycles. The molecule has 4 aliphatic rings. The zero-order chi connectivity index (χ0) is 18.3. The lowest BCUT2D eigenvalue weighted by Gasteiger charge is -2.60. The van der Waals surface area contributed by atoms with Crippen molar-refractivity contribution in [2.75, 3.05) is 13.7 Å². The lowest BCUT2D eigenvalue weighted by atomic mass is 9.52. The van der Waals surface area contributed by atoms with E-state index in [1.54, 1.807) is 12.1 Å². The van der Waals surface area contributed by atoms with Gasteiger partial charge < -0.3 is 9.64 Å². The number of ether oxygens (including phenoxy) is 1. The molecule has 4 fully saturated rings. The minimum Gasteiger partial charge on any atom is -0.469 e. The first-order valence-corrected chi connectivity index (χ1v) is 9.63. The number of carbonyl (C=O) groups is 2. The second-order valence-electron chi connectivity index (χ2n) is 8.43. The minimum absolute atomic E-state index is 0.0872. The van der Waals surface area contributed by atoms with Crippen LogP contribution in [-0.4, -0.2) is 36.0 Å². The van der Waals surface area contributed by atoms with Crippen molar-refractivity contribution in [1.82, 2.24) is 4.90 Å². The van der Waals surface area contributed by atoms with Gasteiger partial charge in [0.2, 0.25) is 0 Å². The second kappa shape index (κ2) is 6.67. The largest absolute Gasteiger partial charge is 0.469 e. The summed E-state index contributed by atoms with van der Waals surface area (Å²) in [6.07, 6.45) is 7.16. The summed E-state index contributed by atoms with van der Waals surface area (Å²) in [5.74, 6) is 1.36. The zero-order valence-electron chi connectivity index (χ0n) is 15.2. The molecule has 5 rings (SSSR count). The summed E-state index contributed by atoms with van der Waals surface area (Å²) in [5, 5.41) is 0. The minimum atomic E-state index is -0.350. The SMILES string of the molecule is COC(=O)CCN(C(=O)c1ccc(F)cc1)C12CC3CC(CC(C3)C1)C2. The number of amides is 1. The topological polar surface area (TPSA) is 46.6 Å². The van der Waals surface area contributed by atoms with Gasteiger partial charge in [-0.2, -0.15) is 0 Å². The van der Waals surface area contributed by atoms with Crippen LogP contribution in [0.25, 0.3) is 0 Å². The lowest BCUT2D eigenvalue weighted by molar-refractivity contribution is -0.141. The van der Waals surface area contributed by atoms with Gasteiger partial charge in [-0.15, -0.1) is 0 Å². The molecule has 0 aromatic heterocycles. The van der Waals surface area contributed by atoms with Crippen LogP contribution in [0, 0.1) is 23.6 Å². The summed E-state index contributed by atoms with van der Waals surface area (Å²) in [7, 11) is 1.37. The Hall–Kier alpha value is -1.91. The molecule has 1 amide bonds. The van der Waals surface area contributed by atoms with Crippen LogP contribution < -0.4 is 0 Å². The standard InChI is InChI=1S/C21H26FNO3/c1-26-19(24)6-7-23(20(25)17-2-4-18(22)5-3-17)21-11-14-8-15(12-21)10-16(9-14)13-21/h2-5,14-16H,6-13H2,1H3. The molecule has 0 atom stereocenters. The van der Waals surface area contributed by atoms with Crippen molar-refractivity contribution in [3.63, 3.8) is 0 Å². The van der Waals surface area contributed by atoms with Crippen molar-refractivity contribution in [2.45, 2.75) is 50.5 Å². The Balaban J connectivity index is 1.63. The Labute approximate surface area is 153 Å². The molecular weight excluding hydrogens is 333 g/mol. The third kappa shape index (κ3) is 3.12. The molecule has 4 bridgehead atoms. The van der Waals surface area contributed by atoms with E-state index in [1.165, 1.54) is 38.5 Å². The molecule has 0 saturated heterocycles. The van der Waals surface area contributed by atoms with Crippen LogP contribution in [-0.2, 0) is 9.53 Å². The van der Waals surface area contributed by atoms with E-state index in [2.05, 4.69) is 0 Å². The highest BCUT2D eigenvalue weighted by atomic mass is 19.1. The van der Waals surface area contributed by atoms with Gasteiger partial charge in [0.25, 0.3) is 5.91 Å². The summed E-state index contributed by atoms with van der Waals surface area (Å²) in [6.45, 7) is 0.370. The van der Waals surface area contributed by atoms with E-state index in [4.69, 9.17) is 4.74 Å². The van der Waals surface area contributed by atoms with Crippen LogP contribution in [0.4, 0.5) is 4.39 Å². The number of hydrogen-bond donors (Lipinski definition) is 0. The number of rotatable bonds is 5. The predicted octanol–water partition coefficient (Wildman–Crippen LogP) is 3.80. The van der Waals surface area contributed by atoms with Crippen LogP contribution in [0.5, 0.6) is 0 Å². The highest BCUT2D eigenvalue weighted by Crippen LogP contribution is 2.58. The number of methoxy groups -OCH3 is 1. The molecule has 5 heteroatoms. The van der Waals surface area contributed by atoms with E-state index in [0.29, 0.717) is 29.9 Å². The number of esters is 1. The molecule has 0 aliphatic heterocycles. The van der Waals surface area contributed by atoms with Crippen molar-refractivity contribution in [1.29, 1.82) is 0 Å². The molecule has 1 aromatic rings. The average molecular weight is 359 g/mol. The van der Waals surface area contributed by atoms with Gasteiger partial charge >= 0.3 is 5.97 Å². The van der Waals surface area contributed by atoms with Crippen LogP contribution >= 0.6 is 0 Å². The monoisotopic (exact) mass is 359 g/mol. The molecule has 4 aliphatic carbocycles. The molecule has 26 heavy (non-hydrogen) atoms. The number of carbonyl (C=O) groups excluding carboxylic acids is 2. The third-order valence-corrected chi connectivity index (χ3v) is 6.68. The average Bonchev–Trinajstić information content (AvgIpc) is 2.60.